The van der Waals surface area contributed by atoms with E-state index >= 15 is 0 Å². The average molecular weight is 478 g/mol. The zero-order valence-corrected chi connectivity index (χ0v) is 19.4. The van der Waals surface area contributed by atoms with Crippen LogP contribution in [0.15, 0.2) is 90.6 Å². The summed E-state index contributed by atoms with van der Waals surface area (Å²) < 4.78 is 21.6. The molecule has 35 heavy (non-hydrogen) atoms. The molecular weight excluding hydrogens is 449 g/mol. The van der Waals surface area contributed by atoms with E-state index in [0.717, 1.165) is 16.7 Å². The number of halogens is 1. The summed E-state index contributed by atoms with van der Waals surface area (Å²) in [5.41, 5.74) is 8.68. The number of nitrogens with zero attached hydrogens (tertiary/aromatic N) is 2. The largest absolute Gasteiger partial charge is 0.493 e. The van der Waals surface area contributed by atoms with Gasteiger partial charge in [-0.15, -0.1) is 0 Å². The van der Waals surface area contributed by atoms with Crippen LogP contribution in [-0.4, -0.2) is 33.4 Å². The number of allylic oxidation sites excluding steroid dienone is 7. The van der Waals surface area contributed by atoms with Crippen LogP contribution < -0.4 is 10.5 Å². The summed E-state index contributed by atoms with van der Waals surface area (Å²) in [7, 11) is 1.82. The van der Waals surface area contributed by atoms with E-state index in [1.807, 2.05) is 19.3 Å². The Hall–Kier alpha value is -4.20. The van der Waals surface area contributed by atoms with E-state index in [1.54, 1.807) is 59.4 Å². The number of hydrogen-bond acceptors (Lipinski definition) is 4. The van der Waals surface area contributed by atoms with Crippen LogP contribution in [0, 0.1) is 5.92 Å². The van der Waals surface area contributed by atoms with Crippen LogP contribution in [0.3, 0.4) is 0 Å². The maximum Gasteiger partial charge on any atom is 0.307 e. The number of benzene rings is 1. The van der Waals surface area contributed by atoms with E-state index < -0.39 is 11.9 Å². The predicted molar refractivity (Wildman–Crippen MR) is 132 cm³/mol. The Labute approximate surface area is 203 Å². The van der Waals surface area contributed by atoms with Crippen molar-refractivity contribution in [1.82, 2.24) is 9.78 Å². The summed E-state index contributed by atoms with van der Waals surface area (Å²) in [6, 6.07) is 7.05. The third-order valence-corrected chi connectivity index (χ3v) is 5.36. The fraction of sp³-hybridized carbons (Fsp3) is 0.222. The lowest BCUT2D eigenvalue weighted by molar-refractivity contribution is -0.136. The zero-order valence-electron chi connectivity index (χ0n) is 19.4. The molecule has 2 aromatic rings. The highest BCUT2D eigenvalue weighted by Crippen LogP contribution is 2.33. The van der Waals surface area contributed by atoms with Crippen LogP contribution in [0.1, 0.15) is 24.0 Å². The van der Waals surface area contributed by atoms with Gasteiger partial charge in [0.1, 0.15) is 5.75 Å². The van der Waals surface area contributed by atoms with Crippen molar-refractivity contribution in [2.75, 3.05) is 6.61 Å². The van der Waals surface area contributed by atoms with Crippen LogP contribution in [0.5, 0.6) is 5.75 Å². The number of aliphatic carboxylic acids is 1. The highest BCUT2D eigenvalue weighted by atomic mass is 19.1. The molecule has 0 radical (unpaired) electrons. The van der Waals surface area contributed by atoms with Gasteiger partial charge in [0, 0.05) is 42.3 Å². The van der Waals surface area contributed by atoms with Crippen LogP contribution in [0.2, 0.25) is 0 Å². The second-order valence-electron chi connectivity index (χ2n) is 8.17. The van der Waals surface area contributed by atoms with Crippen molar-refractivity contribution in [2.45, 2.75) is 19.3 Å². The van der Waals surface area contributed by atoms with Crippen molar-refractivity contribution in [3.8, 4) is 5.75 Å². The van der Waals surface area contributed by atoms with E-state index in [2.05, 4.69) is 11.2 Å². The molecule has 1 aromatic heterocycles. The van der Waals surface area contributed by atoms with Crippen LogP contribution in [-0.2, 0) is 23.1 Å². The number of rotatable bonds is 11. The van der Waals surface area contributed by atoms with Crippen LogP contribution >= 0.6 is 0 Å². The molecule has 1 aliphatic rings. The number of ether oxygens (including phenoxy) is 1. The molecule has 1 atom stereocenters. The van der Waals surface area contributed by atoms with Crippen molar-refractivity contribution in [2.24, 2.45) is 18.7 Å². The highest BCUT2D eigenvalue weighted by molar-refractivity contribution is 5.77. The molecular formula is C27H28FN3O4. The molecule has 0 saturated heterocycles. The number of carbonyl (C=O) groups is 2. The fourth-order valence-electron chi connectivity index (χ4n) is 3.73. The van der Waals surface area contributed by atoms with Crippen molar-refractivity contribution in [3.63, 3.8) is 0 Å². The number of aryl methyl sites for hydroxylation is 1. The SMILES string of the molecule is Cn1cc(C2=C[C@H](COc3ccccc3CC(=O)O)CC(C(/C=C\C=C\CC(N)=O)=C\F)=C2)cn1. The Morgan fingerprint density at radius 3 is 2.80 bits per heavy atom. The number of aromatic nitrogens is 2. The first kappa shape index (κ1) is 25.4. The first-order valence-corrected chi connectivity index (χ1v) is 11.1. The van der Waals surface area contributed by atoms with Gasteiger partial charge in [0.2, 0.25) is 5.91 Å². The normalized spacial score (nSPS) is 16.4. The monoisotopic (exact) mass is 477 g/mol. The Morgan fingerprint density at radius 2 is 2.11 bits per heavy atom. The van der Waals surface area contributed by atoms with Crippen molar-refractivity contribution in [1.29, 1.82) is 0 Å². The summed E-state index contributed by atoms with van der Waals surface area (Å²) in [5, 5.41) is 13.4. The number of carboxylic acid groups (broad SMARTS) is 1. The van der Waals surface area contributed by atoms with Crippen molar-refractivity contribution in [3.05, 3.63) is 102 Å². The molecule has 1 aromatic carbocycles. The number of nitrogens with two attached hydrogens (primary N) is 1. The number of carboxylic acids is 1. The Balaban J connectivity index is 1.82. The summed E-state index contributed by atoms with van der Waals surface area (Å²) in [6.45, 7) is 0.291. The molecule has 7 nitrogen and oxygen atoms in total. The van der Waals surface area contributed by atoms with E-state index in [9.17, 15) is 14.0 Å². The lowest BCUT2D eigenvalue weighted by atomic mass is 9.85. The van der Waals surface area contributed by atoms with E-state index in [-0.39, 0.29) is 18.8 Å². The zero-order chi connectivity index (χ0) is 25.2. The second-order valence-corrected chi connectivity index (χ2v) is 8.17. The minimum atomic E-state index is -0.933. The number of amides is 1. The van der Waals surface area contributed by atoms with Crippen molar-refractivity contribution < 1.29 is 23.8 Å². The molecule has 1 heterocycles. The quantitative estimate of drug-likeness (QED) is 0.469. The molecule has 1 amide bonds. The summed E-state index contributed by atoms with van der Waals surface area (Å²) in [4.78, 5) is 22.0. The van der Waals surface area contributed by atoms with Gasteiger partial charge in [-0.25, -0.2) is 4.39 Å². The van der Waals surface area contributed by atoms with Crippen LogP contribution in [0.25, 0.3) is 5.57 Å². The minimum absolute atomic E-state index is 0.0863. The van der Waals surface area contributed by atoms with Gasteiger partial charge < -0.3 is 15.6 Å². The van der Waals surface area contributed by atoms with Gasteiger partial charge in [-0.1, -0.05) is 54.7 Å². The maximum atomic E-state index is 13.9. The number of hydrogen-bond donors (Lipinski definition) is 2. The molecule has 3 rings (SSSR count). The molecule has 0 spiro atoms. The van der Waals surface area contributed by atoms with E-state index in [1.165, 1.54) is 0 Å². The Bertz CT molecular complexity index is 1220. The molecule has 8 heteroatoms. The molecule has 3 N–H and O–H groups in total. The summed E-state index contributed by atoms with van der Waals surface area (Å²) in [5.74, 6) is -0.943. The van der Waals surface area contributed by atoms with Gasteiger partial charge in [-0.3, -0.25) is 14.3 Å². The minimum Gasteiger partial charge on any atom is -0.493 e. The number of carbonyl (C=O) groups excluding carboxylic acids is 1. The number of primary amides is 1. The third-order valence-electron chi connectivity index (χ3n) is 5.36. The van der Waals surface area contributed by atoms with Gasteiger partial charge in [0.05, 0.1) is 25.6 Å². The first-order valence-electron chi connectivity index (χ1n) is 11.1. The summed E-state index contributed by atoms with van der Waals surface area (Å²) >= 11 is 0. The molecule has 0 aliphatic heterocycles. The van der Waals surface area contributed by atoms with Gasteiger partial charge in [-0.05, 0) is 23.6 Å². The molecule has 1 aliphatic carbocycles. The third kappa shape index (κ3) is 7.67. The maximum absolute atomic E-state index is 13.9. The predicted octanol–water partition coefficient (Wildman–Crippen LogP) is 4.30. The Morgan fingerprint density at radius 1 is 1.31 bits per heavy atom. The summed E-state index contributed by atoms with van der Waals surface area (Å²) in [6.07, 6.45) is 15.2. The molecule has 0 bridgehead atoms. The molecule has 0 unspecified atom stereocenters. The number of para-hydroxylation sites is 1. The molecule has 182 valence electrons. The second kappa shape index (κ2) is 12.3. The lowest BCUT2D eigenvalue weighted by Gasteiger charge is -2.23. The lowest BCUT2D eigenvalue weighted by Crippen LogP contribution is -2.15. The Kier molecular flexibility index (Phi) is 8.95. The van der Waals surface area contributed by atoms with E-state index in [0.29, 0.717) is 36.2 Å². The van der Waals surface area contributed by atoms with Gasteiger partial charge in [0.25, 0.3) is 0 Å². The van der Waals surface area contributed by atoms with Gasteiger partial charge in [0.15, 0.2) is 0 Å². The molecule has 0 fully saturated rings. The van der Waals surface area contributed by atoms with Crippen LogP contribution in [0.4, 0.5) is 4.39 Å². The van der Waals surface area contributed by atoms with Gasteiger partial charge >= 0.3 is 5.97 Å². The van der Waals surface area contributed by atoms with Gasteiger partial charge in [-0.2, -0.15) is 5.10 Å². The highest BCUT2D eigenvalue weighted by Gasteiger charge is 2.20. The topological polar surface area (TPSA) is 107 Å². The van der Waals surface area contributed by atoms with E-state index in [4.69, 9.17) is 15.6 Å². The molecule has 0 saturated carbocycles. The smallest absolute Gasteiger partial charge is 0.307 e. The fourth-order valence-corrected chi connectivity index (χ4v) is 3.73. The van der Waals surface area contributed by atoms with Crippen molar-refractivity contribution >= 4 is 17.4 Å². The first-order chi connectivity index (χ1) is 16.9. The standard InChI is InChI=1S/C27H28FN3O4/c1-31-17-24(16-30-31)23-12-19(18-35-25-9-6-5-7-20(25)14-27(33)34)11-22(13-23)21(15-28)8-3-2-4-10-26(29)32/h2-9,12-13,15-17,19H,10-11,14,18H2,1H3,(H2,29,32)(H,33,34)/b4-2+,8-3-,21-15-/t19-/m1/s1. The average Bonchev–Trinajstić information content (AvgIpc) is 3.26.